The first-order valence-corrected chi connectivity index (χ1v) is 2.90. The molecular weight excluding hydrogens is 126 g/mol. The molecule has 0 saturated carbocycles. The highest BCUT2D eigenvalue weighted by atomic mass is 15.1. The van der Waals surface area contributed by atoms with E-state index in [1.807, 2.05) is 6.07 Å². The zero-order valence-electron chi connectivity index (χ0n) is 5.15. The molecule has 47 valence electrons. The average molecular weight is 130 g/mol. The molecule has 0 saturated heterocycles. The summed E-state index contributed by atoms with van der Waals surface area (Å²) in [6, 6.07) is 1.88. The minimum atomic E-state index is 0.900. The van der Waals surface area contributed by atoms with Crippen molar-refractivity contribution < 1.29 is 0 Å². The summed E-state index contributed by atoms with van der Waals surface area (Å²) in [5.74, 6) is 0. The quantitative estimate of drug-likeness (QED) is 0.530. The van der Waals surface area contributed by atoms with Crippen molar-refractivity contribution in [2.24, 2.45) is 0 Å². The van der Waals surface area contributed by atoms with Crippen LogP contribution in [-0.2, 0) is 0 Å². The Labute approximate surface area is 57.7 Å². The third-order valence-electron chi connectivity index (χ3n) is 1.28. The van der Waals surface area contributed by atoms with Gasteiger partial charge in [0, 0.05) is 23.2 Å². The lowest BCUT2D eigenvalue weighted by Crippen LogP contribution is -1.80. The summed E-state index contributed by atoms with van der Waals surface area (Å²) in [6.07, 6.45) is 7.85. The molecule has 0 aliphatic heterocycles. The topological polar surface area (TPSA) is 38.7 Å². The van der Waals surface area contributed by atoms with Crippen molar-refractivity contribution in [2.75, 3.05) is 0 Å². The van der Waals surface area contributed by atoms with Gasteiger partial charge in [0.2, 0.25) is 0 Å². The van der Waals surface area contributed by atoms with E-state index in [-0.39, 0.29) is 0 Å². The third-order valence-corrected chi connectivity index (χ3v) is 1.28. The van der Waals surface area contributed by atoms with Gasteiger partial charge in [0.05, 0.1) is 6.20 Å². The summed E-state index contributed by atoms with van der Waals surface area (Å²) in [7, 11) is 0. The summed E-state index contributed by atoms with van der Waals surface area (Å²) in [5, 5.41) is 9.20. The molecule has 0 N–H and O–H groups in total. The van der Waals surface area contributed by atoms with Crippen molar-refractivity contribution in [3.8, 4) is 0 Å². The van der Waals surface area contributed by atoms with Crippen LogP contribution < -0.4 is 0 Å². The zero-order valence-corrected chi connectivity index (χ0v) is 5.15. The van der Waals surface area contributed by atoms with Crippen LogP contribution in [0.15, 0.2) is 24.7 Å². The lowest BCUT2D eigenvalue weighted by molar-refractivity contribution is 1.04. The molecule has 2 aromatic heterocycles. The maximum Gasteiger partial charge on any atom is 0.123 e. The van der Waals surface area contributed by atoms with Crippen LogP contribution >= 0.6 is 0 Å². The fourth-order valence-corrected chi connectivity index (χ4v) is 0.785. The number of rotatable bonds is 0. The molecule has 0 aliphatic carbocycles. The lowest BCUT2D eigenvalue weighted by Gasteiger charge is -1.89. The van der Waals surface area contributed by atoms with Crippen molar-refractivity contribution in [2.45, 2.75) is 0 Å². The molecule has 2 rings (SSSR count). The van der Waals surface area contributed by atoms with Crippen molar-refractivity contribution in [3.05, 3.63) is 30.9 Å². The van der Waals surface area contributed by atoms with E-state index in [9.17, 15) is 0 Å². The summed E-state index contributed by atoms with van der Waals surface area (Å²) >= 11 is 0. The first-order chi connectivity index (χ1) is 4.97. The molecule has 0 bridgehead atoms. The first-order valence-electron chi connectivity index (χ1n) is 2.90. The Kier molecular flexibility index (Phi) is 1.07. The molecule has 0 amide bonds. The van der Waals surface area contributed by atoms with Gasteiger partial charge in [0.25, 0.3) is 0 Å². The van der Waals surface area contributed by atoms with Crippen molar-refractivity contribution in [1.29, 1.82) is 0 Å². The van der Waals surface area contributed by atoms with Gasteiger partial charge < -0.3 is 0 Å². The van der Waals surface area contributed by atoms with Crippen LogP contribution in [0.4, 0.5) is 0 Å². The Morgan fingerprint density at radius 3 is 3.20 bits per heavy atom. The van der Waals surface area contributed by atoms with Crippen LogP contribution in [0.25, 0.3) is 10.8 Å². The van der Waals surface area contributed by atoms with Crippen LogP contribution in [0.3, 0.4) is 0 Å². The van der Waals surface area contributed by atoms with Crippen molar-refractivity contribution in [1.82, 2.24) is 15.2 Å². The van der Waals surface area contributed by atoms with E-state index < -0.39 is 0 Å². The number of nitrogens with zero attached hydrogens (tertiary/aromatic N) is 3. The minimum absolute atomic E-state index is 0.900. The lowest BCUT2D eigenvalue weighted by atomic mass is 10.3. The van der Waals surface area contributed by atoms with E-state index >= 15 is 0 Å². The minimum Gasteiger partial charge on any atom is -0.264 e. The van der Waals surface area contributed by atoms with Crippen LogP contribution in [0.2, 0.25) is 0 Å². The summed E-state index contributed by atoms with van der Waals surface area (Å²) < 4.78 is 0. The molecule has 2 aromatic rings. The van der Waals surface area contributed by atoms with Gasteiger partial charge in [-0.15, -0.1) is 5.10 Å². The highest BCUT2D eigenvalue weighted by Crippen LogP contribution is 2.05. The standard InChI is InChI=1S/C7H4N3/c1-2-8-3-7-5-10-9-4-6(1)7/h1-4H. The van der Waals surface area contributed by atoms with Gasteiger partial charge in [-0.05, 0) is 6.07 Å². The largest absolute Gasteiger partial charge is 0.264 e. The molecule has 0 aliphatic rings. The second kappa shape index (κ2) is 2.02. The SMILES string of the molecule is [c]1nncc2ccncc12. The van der Waals surface area contributed by atoms with Gasteiger partial charge in [0.1, 0.15) is 6.20 Å². The molecule has 3 nitrogen and oxygen atoms in total. The van der Waals surface area contributed by atoms with Gasteiger partial charge in [-0.3, -0.25) is 4.98 Å². The average Bonchev–Trinajstić information content (AvgIpc) is 2.05. The molecule has 2 heterocycles. The molecule has 0 fully saturated rings. The Hall–Kier alpha value is -1.51. The van der Waals surface area contributed by atoms with E-state index in [2.05, 4.69) is 21.4 Å². The maximum atomic E-state index is 3.91. The normalized spacial score (nSPS) is 10.0. The van der Waals surface area contributed by atoms with E-state index in [0.29, 0.717) is 0 Å². The summed E-state index contributed by atoms with van der Waals surface area (Å²) in [4.78, 5) is 3.91. The highest BCUT2D eigenvalue weighted by Gasteiger charge is 1.89. The third kappa shape index (κ3) is 0.719. The number of pyridine rings is 1. The van der Waals surface area contributed by atoms with Crippen LogP contribution in [-0.4, -0.2) is 15.2 Å². The number of fused-ring (bicyclic) bond motifs is 1. The molecule has 0 unspecified atom stereocenters. The molecule has 0 aromatic carbocycles. The Morgan fingerprint density at radius 1 is 1.30 bits per heavy atom. The number of hydrogen-bond donors (Lipinski definition) is 0. The Bertz CT molecular complexity index is 280. The molecule has 1 radical (unpaired) electrons. The zero-order chi connectivity index (χ0) is 6.81. The van der Waals surface area contributed by atoms with E-state index in [1.54, 1.807) is 18.6 Å². The van der Waals surface area contributed by atoms with Gasteiger partial charge in [-0.25, -0.2) is 0 Å². The molecule has 3 heteroatoms. The first kappa shape index (κ1) is 5.29. The van der Waals surface area contributed by atoms with Crippen LogP contribution in [0.1, 0.15) is 0 Å². The maximum absolute atomic E-state index is 3.91. The van der Waals surface area contributed by atoms with E-state index in [0.717, 1.165) is 10.8 Å². The summed E-state index contributed by atoms with van der Waals surface area (Å²) in [6.45, 7) is 0. The van der Waals surface area contributed by atoms with Gasteiger partial charge in [-0.2, -0.15) is 5.10 Å². The monoisotopic (exact) mass is 130 g/mol. The highest BCUT2D eigenvalue weighted by molar-refractivity contribution is 5.78. The fourth-order valence-electron chi connectivity index (χ4n) is 0.785. The van der Waals surface area contributed by atoms with Crippen LogP contribution in [0, 0.1) is 6.20 Å². The van der Waals surface area contributed by atoms with E-state index in [4.69, 9.17) is 0 Å². The van der Waals surface area contributed by atoms with Gasteiger partial charge in [0.15, 0.2) is 0 Å². The molecular formula is C7H4N3. The fraction of sp³-hybridized carbons (Fsp3) is 0. The molecule has 0 atom stereocenters. The number of aromatic nitrogens is 3. The van der Waals surface area contributed by atoms with Crippen LogP contribution in [0.5, 0.6) is 0 Å². The van der Waals surface area contributed by atoms with Crippen molar-refractivity contribution >= 4 is 10.8 Å². The summed E-state index contributed by atoms with van der Waals surface area (Å²) in [5.41, 5.74) is 0. The van der Waals surface area contributed by atoms with Gasteiger partial charge >= 0.3 is 0 Å². The Morgan fingerprint density at radius 2 is 2.30 bits per heavy atom. The predicted octanol–water partition coefficient (Wildman–Crippen LogP) is 0.825. The molecule has 0 spiro atoms. The van der Waals surface area contributed by atoms with Crippen molar-refractivity contribution in [3.63, 3.8) is 0 Å². The number of hydrogen-bond acceptors (Lipinski definition) is 3. The second-order valence-electron chi connectivity index (χ2n) is 1.92. The smallest absolute Gasteiger partial charge is 0.123 e. The van der Waals surface area contributed by atoms with Gasteiger partial charge in [-0.1, -0.05) is 0 Å². The van der Waals surface area contributed by atoms with E-state index in [1.165, 1.54) is 0 Å². The second-order valence-corrected chi connectivity index (χ2v) is 1.92. The predicted molar refractivity (Wildman–Crippen MR) is 36.2 cm³/mol. The Balaban J connectivity index is 2.89. The molecule has 10 heavy (non-hydrogen) atoms.